The highest BCUT2D eigenvalue weighted by Crippen LogP contribution is 2.20. The van der Waals surface area contributed by atoms with Gasteiger partial charge in [0.2, 0.25) is 0 Å². The van der Waals surface area contributed by atoms with Crippen molar-refractivity contribution in [1.29, 1.82) is 0 Å². The lowest BCUT2D eigenvalue weighted by atomic mass is 10.1. The van der Waals surface area contributed by atoms with Crippen molar-refractivity contribution in [3.8, 4) is 0 Å². The maximum absolute atomic E-state index is 12.7. The molecule has 0 spiro atoms. The van der Waals surface area contributed by atoms with Crippen molar-refractivity contribution in [2.75, 3.05) is 20.6 Å². The molecule has 7 nitrogen and oxygen atoms in total. The van der Waals surface area contributed by atoms with E-state index in [1.54, 1.807) is 10.9 Å². The highest BCUT2D eigenvalue weighted by atomic mass is 16.3. The molecule has 1 atom stereocenters. The molecule has 0 radical (unpaired) electrons. The first-order valence-electron chi connectivity index (χ1n) is 8.17. The highest BCUT2D eigenvalue weighted by molar-refractivity contribution is 5.98. The van der Waals surface area contributed by atoms with E-state index in [2.05, 4.69) is 15.4 Å². The van der Waals surface area contributed by atoms with Gasteiger partial charge in [0.25, 0.3) is 5.91 Å². The van der Waals surface area contributed by atoms with Gasteiger partial charge < -0.3 is 9.73 Å². The predicted octanol–water partition coefficient (Wildman–Crippen LogP) is 2.21. The van der Waals surface area contributed by atoms with Gasteiger partial charge in [-0.15, -0.1) is 0 Å². The van der Waals surface area contributed by atoms with Gasteiger partial charge in [0.1, 0.15) is 5.76 Å². The van der Waals surface area contributed by atoms with E-state index in [0.717, 1.165) is 22.5 Å². The van der Waals surface area contributed by atoms with Crippen LogP contribution in [0, 0.1) is 13.8 Å². The first-order valence-corrected chi connectivity index (χ1v) is 8.17. The van der Waals surface area contributed by atoms with Crippen LogP contribution in [0.3, 0.4) is 0 Å². The van der Waals surface area contributed by atoms with Gasteiger partial charge in [0.05, 0.1) is 29.3 Å². The van der Waals surface area contributed by atoms with Crippen LogP contribution in [0.1, 0.15) is 33.5 Å². The quantitative estimate of drug-likeness (QED) is 0.770. The average molecular weight is 341 g/mol. The van der Waals surface area contributed by atoms with Crippen molar-refractivity contribution >= 4 is 16.9 Å². The number of hydrogen-bond acceptors (Lipinski definition) is 5. The van der Waals surface area contributed by atoms with Gasteiger partial charge in [-0.3, -0.25) is 14.4 Å². The van der Waals surface area contributed by atoms with E-state index in [1.165, 1.54) is 0 Å². The second-order valence-electron chi connectivity index (χ2n) is 6.41. The van der Waals surface area contributed by atoms with Crippen LogP contribution >= 0.6 is 0 Å². The maximum atomic E-state index is 12.7. The Morgan fingerprint density at radius 3 is 2.76 bits per heavy atom. The fourth-order valence-electron chi connectivity index (χ4n) is 2.96. The number of carbonyl (C=O) groups is 1. The van der Waals surface area contributed by atoms with Gasteiger partial charge >= 0.3 is 0 Å². The fourth-order valence-corrected chi connectivity index (χ4v) is 2.96. The van der Waals surface area contributed by atoms with E-state index in [4.69, 9.17) is 4.42 Å². The van der Waals surface area contributed by atoms with Crippen LogP contribution in [0.4, 0.5) is 0 Å². The Labute approximate surface area is 146 Å². The summed E-state index contributed by atoms with van der Waals surface area (Å²) in [6.45, 7) is 4.20. The first-order chi connectivity index (χ1) is 11.9. The predicted molar refractivity (Wildman–Crippen MR) is 95.5 cm³/mol. The number of aryl methyl sites for hydroxylation is 3. The Morgan fingerprint density at radius 1 is 1.36 bits per heavy atom. The number of likely N-dealkylation sites (N-methyl/N-ethyl adjacent to an activating group) is 1. The molecule has 1 amide bonds. The molecule has 3 aromatic heterocycles. The van der Waals surface area contributed by atoms with Crippen molar-refractivity contribution in [2.24, 2.45) is 7.05 Å². The molecule has 0 saturated heterocycles. The summed E-state index contributed by atoms with van der Waals surface area (Å²) in [5.74, 6) is 0.673. The molecule has 0 fully saturated rings. The molecule has 3 aromatic rings. The van der Waals surface area contributed by atoms with Gasteiger partial charge in [-0.25, -0.2) is 4.98 Å². The zero-order valence-corrected chi connectivity index (χ0v) is 15.2. The van der Waals surface area contributed by atoms with Crippen molar-refractivity contribution in [3.63, 3.8) is 0 Å². The Balaban J connectivity index is 1.82. The Hall–Kier alpha value is -2.67. The van der Waals surface area contributed by atoms with Crippen LogP contribution in [0.25, 0.3) is 11.0 Å². The zero-order valence-electron chi connectivity index (χ0n) is 15.2. The largest absolute Gasteiger partial charge is 0.468 e. The number of hydrogen-bond donors (Lipinski definition) is 1. The van der Waals surface area contributed by atoms with E-state index in [1.807, 2.05) is 58.1 Å². The van der Waals surface area contributed by atoms with Gasteiger partial charge in [-0.1, -0.05) is 0 Å². The standard InChI is InChI=1S/C18H23N5O2/c1-11-14(9-13-12(2)21-23(5)17(13)20-11)18(24)19-10-15(22(3)4)16-7-6-8-25-16/h6-9,15H,10H2,1-5H3,(H,19,24)/t15-/m0/s1. The summed E-state index contributed by atoms with van der Waals surface area (Å²) in [6.07, 6.45) is 1.64. The Bertz CT molecular complexity index is 896. The molecule has 1 N–H and O–H groups in total. The SMILES string of the molecule is Cc1nc2c(cc1C(=O)NC[C@@H](c1ccco1)N(C)C)c(C)nn2C. The first kappa shape index (κ1) is 17.2. The molecule has 3 rings (SSSR count). The summed E-state index contributed by atoms with van der Waals surface area (Å²) >= 11 is 0. The number of rotatable bonds is 5. The summed E-state index contributed by atoms with van der Waals surface area (Å²) in [6, 6.07) is 5.60. The fraction of sp³-hybridized carbons (Fsp3) is 0.389. The lowest BCUT2D eigenvalue weighted by Crippen LogP contribution is -2.34. The van der Waals surface area contributed by atoms with Gasteiger partial charge in [-0.2, -0.15) is 5.10 Å². The Kier molecular flexibility index (Phi) is 4.59. The third kappa shape index (κ3) is 3.28. The van der Waals surface area contributed by atoms with Crippen LogP contribution in [0.5, 0.6) is 0 Å². The number of nitrogens with zero attached hydrogens (tertiary/aromatic N) is 4. The molecular formula is C18H23N5O2. The van der Waals surface area contributed by atoms with Crippen LogP contribution in [-0.4, -0.2) is 46.2 Å². The van der Waals surface area contributed by atoms with Crippen LogP contribution in [-0.2, 0) is 7.05 Å². The summed E-state index contributed by atoms with van der Waals surface area (Å²) in [7, 11) is 5.76. The normalized spacial score (nSPS) is 12.7. The lowest BCUT2D eigenvalue weighted by Gasteiger charge is -2.22. The molecule has 0 unspecified atom stereocenters. The average Bonchev–Trinajstić information content (AvgIpc) is 3.16. The lowest BCUT2D eigenvalue weighted by molar-refractivity contribution is 0.0938. The van der Waals surface area contributed by atoms with Crippen LogP contribution in [0.15, 0.2) is 28.9 Å². The van der Waals surface area contributed by atoms with Gasteiger partial charge in [-0.05, 0) is 46.1 Å². The van der Waals surface area contributed by atoms with Crippen molar-refractivity contribution < 1.29 is 9.21 Å². The van der Waals surface area contributed by atoms with E-state index >= 15 is 0 Å². The monoisotopic (exact) mass is 341 g/mol. The number of nitrogens with one attached hydrogen (secondary N) is 1. The smallest absolute Gasteiger partial charge is 0.253 e. The van der Waals surface area contributed by atoms with Crippen molar-refractivity contribution in [2.45, 2.75) is 19.9 Å². The number of aromatic nitrogens is 3. The number of furan rings is 1. The third-order valence-electron chi connectivity index (χ3n) is 4.38. The molecule has 3 heterocycles. The molecule has 0 aliphatic carbocycles. The summed E-state index contributed by atoms with van der Waals surface area (Å²) in [5.41, 5.74) is 2.90. The molecule has 0 aliphatic rings. The molecule has 132 valence electrons. The van der Waals surface area contributed by atoms with E-state index in [-0.39, 0.29) is 11.9 Å². The topological polar surface area (TPSA) is 76.2 Å². The minimum absolute atomic E-state index is 0.0314. The van der Waals surface area contributed by atoms with Crippen molar-refractivity contribution in [3.05, 3.63) is 47.2 Å². The molecule has 0 saturated carbocycles. The minimum Gasteiger partial charge on any atom is -0.468 e. The number of amides is 1. The number of pyridine rings is 1. The van der Waals surface area contributed by atoms with Crippen LogP contribution in [0.2, 0.25) is 0 Å². The maximum Gasteiger partial charge on any atom is 0.253 e. The second kappa shape index (κ2) is 6.68. The zero-order chi connectivity index (χ0) is 18.1. The number of fused-ring (bicyclic) bond motifs is 1. The van der Waals surface area contributed by atoms with Gasteiger partial charge in [0.15, 0.2) is 5.65 Å². The molecule has 25 heavy (non-hydrogen) atoms. The number of carbonyl (C=O) groups excluding carboxylic acids is 1. The summed E-state index contributed by atoms with van der Waals surface area (Å²) in [5, 5.41) is 8.26. The van der Waals surface area contributed by atoms with E-state index in [0.29, 0.717) is 17.8 Å². The summed E-state index contributed by atoms with van der Waals surface area (Å²) in [4.78, 5) is 19.2. The Morgan fingerprint density at radius 2 is 2.12 bits per heavy atom. The third-order valence-corrected chi connectivity index (χ3v) is 4.38. The van der Waals surface area contributed by atoms with E-state index in [9.17, 15) is 4.79 Å². The van der Waals surface area contributed by atoms with Crippen LogP contribution < -0.4 is 5.32 Å². The molecule has 0 bridgehead atoms. The summed E-state index contributed by atoms with van der Waals surface area (Å²) < 4.78 is 7.21. The second-order valence-corrected chi connectivity index (χ2v) is 6.41. The molecule has 0 aliphatic heterocycles. The molecule has 7 heteroatoms. The van der Waals surface area contributed by atoms with Crippen molar-refractivity contribution in [1.82, 2.24) is 25.0 Å². The highest BCUT2D eigenvalue weighted by Gasteiger charge is 2.20. The molecule has 0 aromatic carbocycles. The van der Waals surface area contributed by atoms with E-state index < -0.39 is 0 Å². The minimum atomic E-state index is -0.145. The molecular weight excluding hydrogens is 318 g/mol. The van der Waals surface area contributed by atoms with Gasteiger partial charge in [0, 0.05) is 19.0 Å².